The van der Waals surface area contributed by atoms with Crippen LogP contribution in [0.4, 0.5) is 0 Å². The van der Waals surface area contributed by atoms with E-state index in [1.54, 1.807) is 12.4 Å². The zero-order valence-corrected chi connectivity index (χ0v) is 11.1. The van der Waals surface area contributed by atoms with Gasteiger partial charge in [0.25, 0.3) is 0 Å². The van der Waals surface area contributed by atoms with Crippen molar-refractivity contribution in [1.29, 1.82) is 0 Å². The Labute approximate surface area is 112 Å². The maximum Gasteiger partial charge on any atom is 0.304 e. The molecule has 1 aromatic carbocycles. The minimum atomic E-state index is -0.851. The van der Waals surface area contributed by atoms with E-state index in [2.05, 4.69) is 4.98 Å². The molecular weight excluding hydrogens is 240 g/mol. The first-order valence-corrected chi connectivity index (χ1v) is 6.23. The topological polar surface area (TPSA) is 76.2 Å². The Balaban J connectivity index is 2.59. The van der Waals surface area contributed by atoms with Crippen LogP contribution in [0.3, 0.4) is 0 Å². The fourth-order valence-electron chi connectivity index (χ4n) is 2.37. The average Bonchev–Trinajstić information content (AvgIpc) is 2.34. The van der Waals surface area contributed by atoms with E-state index >= 15 is 0 Å². The fourth-order valence-corrected chi connectivity index (χ4v) is 2.37. The molecule has 1 unspecified atom stereocenters. The van der Waals surface area contributed by atoms with Crippen LogP contribution in [0.1, 0.15) is 31.7 Å². The van der Waals surface area contributed by atoms with Crippen molar-refractivity contribution in [3.8, 4) is 0 Å². The van der Waals surface area contributed by atoms with Crippen LogP contribution in [0.25, 0.3) is 10.8 Å². The summed E-state index contributed by atoms with van der Waals surface area (Å²) in [5, 5.41) is 11.1. The Morgan fingerprint density at radius 2 is 2.05 bits per heavy atom. The normalized spacial score (nSPS) is 13.4. The van der Waals surface area contributed by atoms with Gasteiger partial charge in [-0.25, -0.2) is 0 Å². The van der Waals surface area contributed by atoms with Crippen LogP contribution in [0.15, 0.2) is 36.7 Å². The zero-order valence-electron chi connectivity index (χ0n) is 11.1. The van der Waals surface area contributed by atoms with Crippen molar-refractivity contribution in [3.63, 3.8) is 0 Å². The molecule has 0 aliphatic rings. The summed E-state index contributed by atoms with van der Waals surface area (Å²) in [6, 6.07) is 7.82. The van der Waals surface area contributed by atoms with E-state index in [-0.39, 0.29) is 12.3 Å². The molecule has 3 N–H and O–H groups in total. The van der Waals surface area contributed by atoms with Crippen LogP contribution in [0, 0.1) is 0 Å². The molecule has 0 amide bonds. The average molecular weight is 258 g/mol. The first-order valence-electron chi connectivity index (χ1n) is 6.23. The van der Waals surface area contributed by atoms with Crippen LogP contribution in [-0.4, -0.2) is 21.6 Å². The van der Waals surface area contributed by atoms with Crippen LogP contribution in [0.5, 0.6) is 0 Å². The highest BCUT2D eigenvalue weighted by atomic mass is 16.4. The van der Waals surface area contributed by atoms with Crippen LogP contribution >= 0.6 is 0 Å². The second kappa shape index (κ2) is 4.97. The van der Waals surface area contributed by atoms with Gasteiger partial charge in [0.2, 0.25) is 0 Å². The molecule has 0 radical (unpaired) electrons. The summed E-state index contributed by atoms with van der Waals surface area (Å²) in [5.74, 6) is -1.12. The zero-order chi connectivity index (χ0) is 14.0. The standard InChI is InChI=1S/C15H18N2O2/c1-15(2,16)13(7-14(18)19)12-9-17-8-10-5-3-4-6-11(10)12/h3-6,8-9,13H,7,16H2,1-2H3,(H,18,19). The highest BCUT2D eigenvalue weighted by molar-refractivity contribution is 5.86. The van der Waals surface area contributed by atoms with Crippen molar-refractivity contribution < 1.29 is 9.90 Å². The molecule has 1 aromatic heterocycles. The van der Waals surface area contributed by atoms with E-state index in [4.69, 9.17) is 10.8 Å². The quantitative estimate of drug-likeness (QED) is 0.883. The van der Waals surface area contributed by atoms with Gasteiger partial charge in [0, 0.05) is 29.2 Å². The van der Waals surface area contributed by atoms with Gasteiger partial charge in [-0.15, -0.1) is 0 Å². The molecule has 0 fully saturated rings. The molecule has 0 aliphatic heterocycles. The first-order chi connectivity index (χ1) is 8.89. The van der Waals surface area contributed by atoms with Crippen molar-refractivity contribution in [1.82, 2.24) is 4.98 Å². The predicted octanol–water partition coefficient (Wildman–Crippen LogP) is 2.53. The highest BCUT2D eigenvalue weighted by Gasteiger charge is 2.30. The summed E-state index contributed by atoms with van der Waals surface area (Å²) in [5.41, 5.74) is 6.44. The molecule has 4 heteroatoms. The van der Waals surface area contributed by atoms with Gasteiger partial charge in [0.1, 0.15) is 0 Å². The van der Waals surface area contributed by atoms with Crippen molar-refractivity contribution in [2.45, 2.75) is 31.7 Å². The smallest absolute Gasteiger partial charge is 0.304 e. The number of pyridine rings is 1. The molecule has 0 bridgehead atoms. The van der Waals surface area contributed by atoms with Crippen LogP contribution < -0.4 is 5.73 Å². The van der Waals surface area contributed by atoms with Gasteiger partial charge < -0.3 is 10.8 Å². The minimum Gasteiger partial charge on any atom is -0.481 e. The molecule has 1 heterocycles. The van der Waals surface area contributed by atoms with E-state index in [0.717, 1.165) is 16.3 Å². The Hall–Kier alpha value is -1.94. The molecule has 1 atom stereocenters. The monoisotopic (exact) mass is 258 g/mol. The maximum atomic E-state index is 11.1. The molecule has 2 rings (SSSR count). The lowest BCUT2D eigenvalue weighted by atomic mass is 9.79. The lowest BCUT2D eigenvalue weighted by Gasteiger charge is -2.30. The molecule has 4 nitrogen and oxygen atoms in total. The van der Waals surface area contributed by atoms with Gasteiger partial charge in [-0.1, -0.05) is 24.3 Å². The van der Waals surface area contributed by atoms with Gasteiger partial charge in [-0.05, 0) is 24.8 Å². The molecule has 0 saturated carbocycles. The lowest BCUT2D eigenvalue weighted by Crippen LogP contribution is -2.40. The second-order valence-corrected chi connectivity index (χ2v) is 5.42. The number of hydrogen-bond donors (Lipinski definition) is 2. The van der Waals surface area contributed by atoms with Crippen LogP contribution in [-0.2, 0) is 4.79 Å². The Bertz CT molecular complexity index is 597. The van der Waals surface area contributed by atoms with Crippen molar-refractivity contribution in [3.05, 3.63) is 42.2 Å². The summed E-state index contributed by atoms with van der Waals surface area (Å²) in [6.07, 6.45) is 3.50. The number of benzene rings is 1. The molecule has 0 spiro atoms. The number of hydrogen-bond acceptors (Lipinski definition) is 3. The second-order valence-electron chi connectivity index (χ2n) is 5.42. The summed E-state index contributed by atoms with van der Waals surface area (Å²) < 4.78 is 0. The van der Waals surface area contributed by atoms with Gasteiger partial charge in [-0.3, -0.25) is 9.78 Å². The van der Waals surface area contributed by atoms with E-state index in [9.17, 15) is 4.79 Å². The van der Waals surface area contributed by atoms with E-state index < -0.39 is 11.5 Å². The first kappa shape index (κ1) is 13.5. The van der Waals surface area contributed by atoms with Crippen molar-refractivity contribution in [2.24, 2.45) is 5.73 Å². The summed E-state index contributed by atoms with van der Waals surface area (Å²) in [4.78, 5) is 15.3. The third-order valence-electron chi connectivity index (χ3n) is 3.35. The third kappa shape index (κ3) is 2.90. The summed E-state index contributed by atoms with van der Waals surface area (Å²) in [7, 11) is 0. The Morgan fingerprint density at radius 1 is 1.37 bits per heavy atom. The molecule has 0 aliphatic carbocycles. The lowest BCUT2D eigenvalue weighted by molar-refractivity contribution is -0.137. The number of nitrogens with two attached hydrogens (primary N) is 1. The Morgan fingerprint density at radius 3 is 2.68 bits per heavy atom. The highest BCUT2D eigenvalue weighted by Crippen LogP contribution is 2.33. The van der Waals surface area contributed by atoms with E-state index in [1.807, 2.05) is 38.1 Å². The number of carboxylic acids is 1. The molecule has 100 valence electrons. The molecule has 0 saturated heterocycles. The summed E-state index contributed by atoms with van der Waals surface area (Å²) >= 11 is 0. The number of nitrogens with zero attached hydrogens (tertiary/aromatic N) is 1. The van der Waals surface area contributed by atoms with Crippen molar-refractivity contribution >= 4 is 16.7 Å². The van der Waals surface area contributed by atoms with Gasteiger partial charge in [0.15, 0.2) is 0 Å². The fraction of sp³-hybridized carbons (Fsp3) is 0.333. The molecular formula is C15H18N2O2. The number of aromatic nitrogens is 1. The van der Waals surface area contributed by atoms with Gasteiger partial charge >= 0.3 is 5.97 Å². The minimum absolute atomic E-state index is 0.000806. The molecule has 2 aromatic rings. The van der Waals surface area contributed by atoms with E-state index in [1.165, 1.54) is 0 Å². The largest absolute Gasteiger partial charge is 0.481 e. The SMILES string of the molecule is CC(C)(N)C(CC(=O)O)c1cncc2ccccc12. The number of carbonyl (C=O) groups is 1. The molecule has 19 heavy (non-hydrogen) atoms. The van der Waals surface area contributed by atoms with Gasteiger partial charge in [0.05, 0.1) is 6.42 Å². The van der Waals surface area contributed by atoms with Crippen LogP contribution in [0.2, 0.25) is 0 Å². The number of rotatable bonds is 4. The maximum absolute atomic E-state index is 11.1. The Kier molecular flexibility index (Phi) is 3.53. The predicted molar refractivity (Wildman–Crippen MR) is 75.0 cm³/mol. The van der Waals surface area contributed by atoms with Crippen molar-refractivity contribution in [2.75, 3.05) is 0 Å². The van der Waals surface area contributed by atoms with E-state index in [0.29, 0.717) is 0 Å². The third-order valence-corrected chi connectivity index (χ3v) is 3.35. The number of fused-ring (bicyclic) bond motifs is 1. The van der Waals surface area contributed by atoms with Gasteiger partial charge in [-0.2, -0.15) is 0 Å². The number of carboxylic acid groups (broad SMARTS) is 1. The number of aliphatic carboxylic acids is 1. The summed E-state index contributed by atoms with van der Waals surface area (Å²) in [6.45, 7) is 3.70.